The summed E-state index contributed by atoms with van der Waals surface area (Å²) in [5, 5.41) is 0. The Hall–Kier alpha value is -1.06. The third kappa shape index (κ3) is 12.3. The maximum absolute atomic E-state index is 12.6. The summed E-state index contributed by atoms with van der Waals surface area (Å²) in [6.07, 6.45) is 10.6. The van der Waals surface area contributed by atoms with Gasteiger partial charge in [-0.2, -0.15) is 0 Å². The van der Waals surface area contributed by atoms with Gasteiger partial charge in [0.25, 0.3) is 0 Å². The van der Waals surface area contributed by atoms with Crippen LogP contribution in [0.15, 0.2) is 0 Å². The number of carbonyl (C=O) groups is 2. The van der Waals surface area contributed by atoms with Crippen molar-refractivity contribution >= 4 is 11.9 Å². The summed E-state index contributed by atoms with van der Waals surface area (Å²) < 4.78 is 11.0. The molecule has 0 saturated heterocycles. The van der Waals surface area contributed by atoms with Gasteiger partial charge in [-0.3, -0.25) is 9.59 Å². The Morgan fingerprint density at radius 3 is 1.65 bits per heavy atom. The zero-order valence-corrected chi connectivity index (χ0v) is 18.3. The fourth-order valence-electron chi connectivity index (χ4n) is 2.60. The van der Waals surface area contributed by atoms with Gasteiger partial charge in [-0.05, 0) is 47.5 Å². The predicted octanol–water partition coefficient (Wildman–Crippen LogP) is 6.21. The van der Waals surface area contributed by atoms with Crippen LogP contribution in [0.5, 0.6) is 0 Å². The fraction of sp³-hybridized carbons (Fsp3) is 0.909. The maximum Gasteiger partial charge on any atom is 0.320 e. The molecular formula is C22H42O4. The van der Waals surface area contributed by atoms with Crippen LogP contribution in [0.4, 0.5) is 0 Å². The summed E-state index contributed by atoms with van der Waals surface area (Å²) in [6, 6.07) is 0. The predicted molar refractivity (Wildman–Crippen MR) is 107 cm³/mol. The molecule has 4 nitrogen and oxygen atoms in total. The summed E-state index contributed by atoms with van der Waals surface area (Å²) >= 11 is 0. The van der Waals surface area contributed by atoms with Crippen molar-refractivity contribution in [2.24, 2.45) is 5.92 Å². The quantitative estimate of drug-likeness (QED) is 0.220. The summed E-state index contributed by atoms with van der Waals surface area (Å²) in [5.41, 5.74) is -1.16. The highest BCUT2D eigenvalue weighted by atomic mass is 16.6. The van der Waals surface area contributed by atoms with E-state index in [0.717, 1.165) is 19.3 Å². The van der Waals surface area contributed by atoms with E-state index in [1.165, 1.54) is 32.1 Å². The normalized spacial score (nSPS) is 13.3. The van der Waals surface area contributed by atoms with E-state index in [0.29, 0.717) is 12.8 Å². The molecule has 0 aromatic rings. The summed E-state index contributed by atoms with van der Waals surface area (Å²) in [4.78, 5) is 25.0. The molecule has 0 N–H and O–H groups in total. The molecule has 0 radical (unpaired) electrons. The Balaban J connectivity index is 4.55. The Morgan fingerprint density at radius 1 is 0.731 bits per heavy atom. The molecule has 0 fully saturated rings. The fourth-order valence-corrected chi connectivity index (χ4v) is 2.60. The van der Waals surface area contributed by atoms with Crippen molar-refractivity contribution < 1.29 is 19.1 Å². The maximum atomic E-state index is 12.6. The first kappa shape index (κ1) is 24.9. The first-order chi connectivity index (χ1) is 12.0. The third-order valence-electron chi connectivity index (χ3n) is 4.55. The highest BCUT2D eigenvalue weighted by Gasteiger charge is 2.34. The molecule has 0 bridgehead atoms. The van der Waals surface area contributed by atoms with Gasteiger partial charge in [0.05, 0.1) is 0 Å². The van der Waals surface area contributed by atoms with Gasteiger partial charge >= 0.3 is 11.9 Å². The molecule has 26 heavy (non-hydrogen) atoms. The Labute approximate surface area is 161 Å². The van der Waals surface area contributed by atoms with Gasteiger partial charge in [0, 0.05) is 0 Å². The van der Waals surface area contributed by atoms with Gasteiger partial charge in [0.1, 0.15) is 11.2 Å². The minimum absolute atomic E-state index is 0.450. The van der Waals surface area contributed by atoms with Crippen molar-refractivity contribution in [1.29, 1.82) is 0 Å². The van der Waals surface area contributed by atoms with Gasteiger partial charge in [0.15, 0.2) is 5.92 Å². The smallest absolute Gasteiger partial charge is 0.320 e. The van der Waals surface area contributed by atoms with Crippen molar-refractivity contribution in [3.8, 4) is 0 Å². The number of hydrogen-bond acceptors (Lipinski definition) is 4. The van der Waals surface area contributed by atoms with Crippen LogP contribution >= 0.6 is 0 Å². The van der Waals surface area contributed by atoms with E-state index < -0.39 is 29.1 Å². The Bertz CT molecular complexity index is 407. The first-order valence-corrected chi connectivity index (χ1v) is 10.5. The number of ether oxygens (including phenoxy) is 2. The first-order valence-electron chi connectivity index (χ1n) is 10.5. The van der Waals surface area contributed by atoms with E-state index in [1.807, 2.05) is 41.5 Å². The van der Waals surface area contributed by atoms with Crippen LogP contribution in [0, 0.1) is 5.92 Å². The Morgan fingerprint density at radius 2 is 1.19 bits per heavy atom. The van der Waals surface area contributed by atoms with Gasteiger partial charge in [-0.1, -0.05) is 65.2 Å². The van der Waals surface area contributed by atoms with Crippen LogP contribution < -0.4 is 0 Å². The number of rotatable bonds is 13. The molecule has 0 amide bonds. The molecule has 0 rings (SSSR count). The second-order valence-electron chi connectivity index (χ2n) is 8.88. The van der Waals surface area contributed by atoms with Crippen molar-refractivity contribution in [3.05, 3.63) is 0 Å². The van der Waals surface area contributed by atoms with Crippen LogP contribution in [-0.2, 0) is 19.1 Å². The highest BCUT2D eigenvalue weighted by molar-refractivity contribution is 5.95. The van der Waals surface area contributed by atoms with E-state index in [-0.39, 0.29) is 0 Å². The number of carbonyl (C=O) groups excluding carboxylic acids is 2. The van der Waals surface area contributed by atoms with Crippen molar-refractivity contribution in [3.63, 3.8) is 0 Å². The largest absolute Gasteiger partial charge is 0.459 e. The second kappa shape index (κ2) is 12.3. The van der Waals surface area contributed by atoms with Gasteiger partial charge in [0.2, 0.25) is 0 Å². The number of hydrogen-bond donors (Lipinski definition) is 0. The molecule has 0 saturated carbocycles. The van der Waals surface area contributed by atoms with Crippen LogP contribution in [0.25, 0.3) is 0 Å². The van der Waals surface area contributed by atoms with Gasteiger partial charge in [-0.15, -0.1) is 0 Å². The van der Waals surface area contributed by atoms with Crippen LogP contribution in [0.1, 0.15) is 113 Å². The van der Waals surface area contributed by atoms with E-state index >= 15 is 0 Å². The SMILES string of the molecule is CCCCCCCCCCC(C(=O)OC(C)(C)C)C(=O)OC(C)(C)CC. The van der Waals surface area contributed by atoms with E-state index in [2.05, 4.69) is 6.92 Å². The lowest BCUT2D eigenvalue weighted by Gasteiger charge is -2.27. The molecule has 1 atom stereocenters. The van der Waals surface area contributed by atoms with Crippen LogP contribution in [-0.4, -0.2) is 23.1 Å². The van der Waals surface area contributed by atoms with E-state index in [4.69, 9.17) is 9.47 Å². The highest BCUT2D eigenvalue weighted by Crippen LogP contribution is 2.23. The lowest BCUT2D eigenvalue weighted by Crippen LogP contribution is -2.37. The summed E-state index contributed by atoms with van der Waals surface area (Å²) in [7, 11) is 0. The van der Waals surface area contributed by atoms with E-state index in [9.17, 15) is 9.59 Å². The molecule has 0 aromatic heterocycles. The summed E-state index contributed by atoms with van der Waals surface area (Å²) in [6.45, 7) is 13.4. The lowest BCUT2D eigenvalue weighted by molar-refractivity contribution is -0.175. The molecule has 1 unspecified atom stereocenters. The lowest BCUT2D eigenvalue weighted by atomic mass is 9.98. The number of esters is 2. The summed E-state index contributed by atoms with van der Waals surface area (Å²) in [5.74, 6) is -1.73. The topological polar surface area (TPSA) is 52.6 Å². The van der Waals surface area contributed by atoms with Crippen molar-refractivity contribution in [1.82, 2.24) is 0 Å². The standard InChI is InChI=1S/C22H42O4/c1-8-10-11-12-13-14-15-16-17-18(19(23)25-21(3,4)5)20(24)26-22(6,7)9-2/h18H,8-17H2,1-7H3. The monoisotopic (exact) mass is 370 g/mol. The zero-order valence-electron chi connectivity index (χ0n) is 18.3. The number of unbranched alkanes of at least 4 members (excludes halogenated alkanes) is 7. The molecular weight excluding hydrogens is 328 g/mol. The molecule has 0 aliphatic heterocycles. The van der Waals surface area contributed by atoms with E-state index in [1.54, 1.807) is 0 Å². The Kier molecular flexibility index (Phi) is 11.8. The average molecular weight is 371 g/mol. The van der Waals surface area contributed by atoms with Crippen LogP contribution in [0.3, 0.4) is 0 Å². The van der Waals surface area contributed by atoms with Crippen molar-refractivity contribution in [2.45, 2.75) is 124 Å². The third-order valence-corrected chi connectivity index (χ3v) is 4.55. The van der Waals surface area contributed by atoms with Crippen LogP contribution in [0.2, 0.25) is 0 Å². The molecule has 0 heterocycles. The molecule has 0 spiro atoms. The minimum atomic E-state index is -0.819. The second-order valence-corrected chi connectivity index (χ2v) is 8.88. The molecule has 154 valence electrons. The average Bonchev–Trinajstić information content (AvgIpc) is 2.51. The molecule has 0 aromatic carbocycles. The van der Waals surface area contributed by atoms with Gasteiger partial charge in [-0.25, -0.2) is 0 Å². The molecule has 0 aliphatic rings. The zero-order chi connectivity index (χ0) is 20.2. The van der Waals surface area contributed by atoms with Gasteiger partial charge < -0.3 is 9.47 Å². The van der Waals surface area contributed by atoms with Crippen molar-refractivity contribution in [2.75, 3.05) is 0 Å². The molecule has 0 aliphatic carbocycles. The minimum Gasteiger partial charge on any atom is -0.459 e. The molecule has 4 heteroatoms.